The summed E-state index contributed by atoms with van der Waals surface area (Å²) in [5, 5.41) is 3.25. The van der Waals surface area contributed by atoms with Crippen LogP contribution in [0.4, 0.5) is 0 Å². The Morgan fingerprint density at radius 1 is 1.50 bits per heavy atom. The summed E-state index contributed by atoms with van der Waals surface area (Å²) in [6.07, 6.45) is 5.52. The van der Waals surface area contributed by atoms with Crippen LogP contribution in [0.5, 0.6) is 0 Å². The molecule has 0 spiro atoms. The van der Waals surface area contributed by atoms with E-state index in [2.05, 4.69) is 19.8 Å². The van der Waals surface area contributed by atoms with Gasteiger partial charge in [0.15, 0.2) is 5.65 Å². The number of fused-ring (bicyclic) bond motifs is 1. The standard InChI is InChI=1S/C14H14N4O2/c1-9-13(10-4-3-5-15-7-10)17-18-8-11(16-14(9)18)6-12(19)20-2/h3-5,7-8,17H,6H2,1-2H3. The number of aromatic nitrogens is 4. The van der Waals surface area contributed by atoms with Crippen molar-refractivity contribution in [1.29, 1.82) is 0 Å². The lowest BCUT2D eigenvalue weighted by Gasteiger charge is -1.98. The van der Waals surface area contributed by atoms with Crippen LogP contribution in [0, 0.1) is 6.92 Å². The monoisotopic (exact) mass is 270 g/mol. The Kier molecular flexibility index (Phi) is 2.98. The van der Waals surface area contributed by atoms with Crippen molar-refractivity contribution in [3.63, 3.8) is 0 Å². The molecule has 3 rings (SSSR count). The zero-order chi connectivity index (χ0) is 14.1. The van der Waals surface area contributed by atoms with Gasteiger partial charge < -0.3 is 4.74 Å². The number of nitrogens with one attached hydrogen (secondary N) is 1. The molecule has 6 heteroatoms. The Balaban J connectivity index is 2.01. The van der Waals surface area contributed by atoms with E-state index < -0.39 is 0 Å². The van der Waals surface area contributed by atoms with Gasteiger partial charge in [-0.2, -0.15) is 0 Å². The van der Waals surface area contributed by atoms with Gasteiger partial charge in [0, 0.05) is 23.5 Å². The van der Waals surface area contributed by atoms with E-state index in [-0.39, 0.29) is 12.4 Å². The zero-order valence-electron chi connectivity index (χ0n) is 11.3. The SMILES string of the molecule is COC(=O)Cc1cn2[nH]c(-c3cccnc3)c(C)c2n1. The van der Waals surface area contributed by atoms with Gasteiger partial charge in [0.1, 0.15) is 0 Å². The lowest BCUT2D eigenvalue weighted by molar-refractivity contribution is -0.139. The van der Waals surface area contributed by atoms with Crippen molar-refractivity contribution in [3.8, 4) is 11.3 Å². The minimum Gasteiger partial charge on any atom is -0.469 e. The maximum absolute atomic E-state index is 11.3. The van der Waals surface area contributed by atoms with Crippen molar-refractivity contribution in [3.05, 3.63) is 42.0 Å². The van der Waals surface area contributed by atoms with Crippen LogP contribution in [-0.4, -0.2) is 32.7 Å². The Hall–Kier alpha value is -2.63. The van der Waals surface area contributed by atoms with Crippen molar-refractivity contribution in [2.75, 3.05) is 7.11 Å². The summed E-state index contributed by atoms with van der Waals surface area (Å²) in [5.74, 6) is -0.295. The quantitative estimate of drug-likeness (QED) is 0.736. The first kappa shape index (κ1) is 12.4. The number of H-pyrrole nitrogens is 1. The van der Waals surface area contributed by atoms with Gasteiger partial charge in [0.2, 0.25) is 0 Å². The van der Waals surface area contributed by atoms with Crippen molar-refractivity contribution in [2.45, 2.75) is 13.3 Å². The van der Waals surface area contributed by atoms with E-state index in [0.29, 0.717) is 5.69 Å². The molecule has 0 aliphatic heterocycles. The Labute approximate surface area is 115 Å². The van der Waals surface area contributed by atoms with E-state index in [1.807, 2.05) is 23.6 Å². The van der Waals surface area contributed by atoms with Crippen molar-refractivity contribution < 1.29 is 9.53 Å². The van der Waals surface area contributed by atoms with Crippen molar-refractivity contribution >= 4 is 11.6 Å². The molecule has 0 atom stereocenters. The third-order valence-corrected chi connectivity index (χ3v) is 3.20. The smallest absolute Gasteiger partial charge is 0.311 e. The van der Waals surface area contributed by atoms with Gasteiger partial charge in [-0.05, 0) is 19.1 Å². The third-order valence-electron chi connectivity index (χ3n) is 3.20. The summed E-state index contributed by atoms with van der Waals surface area (Å²) >= 11 is 0. The molecular weight excluding hydrogens is 256 g/mol. The van der Waals surface area contributed by atoms with E-state index in [4.69, 9.17) is 0 Å². The molecule has 0 saturated carbocycles. The average Bonchev–Trinajstić information content (AvgIpc) is 2.99. The van der Waals surface area contributed by atoms with Gasteiger partial charge in [0.25, 0.3) is 0 Å². The van der Waals surface area contributed by atoms with E-state index in [1.165, 1.54) is 7.11 Å². The molecule has 0 amide bonds. The van der Waals surface area contributed by atoms with Crippen LogP contribution < -0.4 is 0 Å². The van der Waals surface area contributed by atoms with Gasteiger partial charge in [0.05, 0.1) is 31.1 Å². The first-order valence-corrected chi connectivity index (χ1v) is 6.23. The lowest BCUT2D eigenvalue weighted by atomic mass is 10.1. The fourth-order valence-electron chi connectivity index (χ4n) is 2.19. The summed E-state index contributed by atoms with van der Waals surface area (Å²) in [4.78, 5) is 19.8. The fraction of sp³-hybridized carbons (Fsp3) is 0.214. The number of imidazole rings is 1. The number of hydrogen-bond acceptors (Lipinski definition) is 4. The second-order valence-electron chi connectivity index (χ2n) is 4.53. The molecule has 6 nitrogen and oxygen atoms in total. The Morgan fingerprint density at radius 3 is 3.00 bits per heavy atom. The highest BCUT2D eigenvalue weighted by molar-refractivity contribution is 5.73. The number of nitrogens with zero attached hydrogens (tertiary/aromatic N) is 3. The maximum Gasteiger partial charge on any atom is 0.311 e. The molecule has 0 aliphatic rings. The number of rotatable bonds is 3. The van der Waals surface area contributed by atoms with E-state index in [1.54, 1.807) is 18.6 Å². The average molecular weight is 270 g/mol. The van der Waals surface area contributed by atoms with Gasteiger partial charge >= 0.3 is 5.97 Å². The van der Waals surface area contributed by atoms with Gasteiger partial charge in [-0.1, -0.05) is 0 Å². The van der Waals surface area contributed by atoms with E-state index in [9.17, 15) is 4.79 Å². The summed E-state index contributed by atoms with van der Waals surface area (Å²) in [7, 11) is 1.37. The Morgan fingerprint density at radius 2 is 2.35 bits per heavy atom. The highest BCUT2D eigenvalue weighted by Crippen LogP contribution is 2.24. The molecule has 102 valence electrons. The van der Waals surface area contributed by atoms with E-state index >= 15 is 0 Å². The number of pyridine rings is 1. The van der Waals surface area contributed by atoms with Crippen molar-refractivity contribution in [2.24, 2.45) is 0 Å². The number of esters is 1. The summed E-state index contributed by atoms with van der Waals surface area (Å²) in [5.41, 5.74) is 4.50. The first-order chi connectivity index (χ1) is 9.69. The normalized spacial score (nSPS) is 10.9. The molecule has 3 aromatic heterocycles. The molecule has 1 N–H and O–H groups in total. The third kappa shape index (κ3) is 2.05. The lowest BCUT2D eigenvalue weighted by Crippen LogP contribution is -2.04. The van der Waals surface area contributed by atoms with Crippen LogP contribution in [-0.2, 0) is 16.0 Å². The Bertz CT molecular complexity index is 758. The van der Waals surface area contributed by atoms with E-state index in [0.717, 1.165) is 22.5 Å². The molecule has 0 aromatic carbocycles. The molecule has 0 aliphatic carbocycles. The molecule has 20 heavy (non-hydrogen) atoms. The topological polar surface area (TPSA) is 72.3 Å². The second kappa shape index (κ2) is 4.80. The zero-order valence-corrected chi connectivity index (χ0v) is 11.3. The summed E-state index contributed by atoms with van der Waals surface area (Å²) in [6.45, 7) is 1.99. The number of carbonyl (C=O) groups is 1. The molecule has 0 unspecified atom stereocenters. The van der Waals surface area contributed by atoms with Crippen LogP contribution in [0.3, 0.4) is 0 Å². The second-order valence-corrected chi connectivity index (χ2v) is 4.53. The van der Waals surface area contributed by atoms with Crippen LogP contribution in [0.1, 0.15) is 11.3 Å². The molecule has 0 saturated heterocycles. The molecule has 3 heterocycles. The number of aryl methyl sites for hydroxylation is 1. The van der Waals surface area contributed by atoms with Gasteiger partial charge in [-0.25, -0.2) is 9.50 Å². The minimum absolute atomic E-state index is 0.174. The molecule has 0 radical (unpaired) electrons. The number of methoxy groups -OCH3 is 1. The van der Waals surface area contributed by atoms with Crippen LogP contribution in [0.15, 0.2) is 30.7 Å². The first-order valence-electron chi connectivity index (χ1n) is 6.23. The molecular formula is C14H14N4O2. The number of hydrogen-bond donors (Lipinski definition) is 1. The highest BCUT2D eigenvalue weighted by Gasteiger charge is 2.14. The van der Waals surface area contributed by atoms with Crippen LogP contribution in [0.2, 0.25) is 0 Å². The van der Waals surface area contributed by atoms with Crippen LogP contribution in [0.25, 0.3) is 16.9 Å². The number of ether oxygens (including phenoxy) is 1. The molecule has 3 aromatic rings. The summed E-state index contributed by atoms with van der Waals surface area (Å²) < 4.78 is 6.46. The minimum atomic E-state index is -0.295. The number of aromatic amines is 1. The fourth-order valence-corrected chi connectivity index (χ4v) is 2.19. The van der Waals surface area contributed by atoms with Gasteiger partial charge in [-0.3, -0.25) is 14.9 Å². The maximum atomic E-state index is 11.3. The van der Waals surface area contributed by atoms with Gasteiger partial charge in [-0.15, -0.1) is 0 Å². The molecule has 0 fully saturated rings. The predicted octanol–water partition coefficient (Wildman–Crippen LogP) is 1.75. The van der Waals surface area contributed by atoms with Crippen molar-refractivity contribution in [1.82, 2.24) is 19.6 Å². The number of carbonyl (C=O) groups excluding carboxylic acids is 1. The molecule has 0 bridgehead atoms. The predicted molar refractivity (Wildman–Crippen MR) is 73.2 cm³/mol. The summed E-state index contributed by atoms with van der Waals surface area (Å²) in [6, 6.07) is 3.88. The largest absolute Gasteiger partial charge is 0.469 e. The highest BCUT2D eigenvalue weighted by atomic mass is 16.5. The van der Waals surface area contributed by atoms with Crippen LogP contribution >= 0.6 is 0 Å².